The minimum atomic E-state index is -2.63. The van der Waals surface area contributed by atoms with Crippen LogP contribution in [0.25, 0.3) is 44.2 Å². The lowest BCUT2D eigenvalue weighted by Crippen LogP contribution is -2.08. The molecule has 1 unspecified atom stereocenters. The standard InChI is InChI=1S/C30H20NOP/c1-33(32)28-14-5-4-12-27(28)30-26(13-7-15-29(30)33)25-17-16-22(23-10-2-3-11-24(23)25)21-9-6-8-20(18-21)19-31/h2-18H,1H3. The largest absolute Gasteiger partial charge is 0.314 e. The average Bonchev–Trinajstić information content (AvgIpc) is 3.10. The maximum Gasteiger partial charge on any atom is 0.141 e. The molecule has 0 spiro atoms. The minimum Gasteiger partial charge on any atom is -0.314 e. The Bertz CT molecular complexity index is 1680. The Balaban J connectivity index is 1.65. The maximum atomic E-state index is 13.8. The molecule has 5 aromatic carbocycles. The molecule has 0 aliphatic carbocycles. The molecule has 0 radical (unpaired) electrons. The zero-order valence-electron chi connectivity index (χ0n) is 18.1. The van der Waals surface area contributed by atoms with E-state index in [0.29, 0.717) is 5.56 Å². The highest BCUT2D eigenvalue weighted by atomic mass is 31.2. The molecule has 1 aliphatic rings. The molecule has 1 atom stereocenters. The molecule has 0 saturated heterocycles. The van der Waals surface area contributed by atoms with Gasteiger partial charge >= 0.3 is 0 Å². The molecule has 6 rings (SSSR count). The smallest absolute Gasteiger partial charge is 0.141 e. The van der Waals surface area contributed by atoms with Gasteiger partial charge in [0.15, 0.2) is 0 Å². The van der Waals surface area contributed by atoms with Crippen LogP contribution in [0.3, 0.4) is 0 Å². The number of nitriles is 1. The highest BCUT2D eigenvalue weighted by Crippen LogP contribution is 2.53. The molecule has 0 aromatic heterocycles. The fourth-order valence-corrected chi connectivity index (χ4v) is 7.45. The zero-order valence-corrected chi connectivity index (χ0v) is 19.0. The highest BCUT2D eigenvalue weighted by molar-refractivity contribution is 7.79. The molecule has 1 aliphatic heterocycles. The van der Waals surface area contributed by atoms with Crippen molar-refractivity contribution < 1.29 is 4.57 Å². The molecule has 2 nitrogen and oxygen atoms in total. The summed E-state index contributed by atoms with van der Waals surface area (Å²) in [6.07, 6.45) is 0. The SMILES string of the molecule is CP1(=O)c2ccccc2-c2c(-c3ccc(-c4cccc(C#N)c4)c4ccccc34)cccc21. The van der Waals surface area contributed by atoms with Gasteiger partial charge in [0.25, 0.3) is 0 Å². The van der Waals surface area contributed by atoms with E-state index in [2.05, 4.69) is 54.6 Å². The molecule has 0 saturated carbocycles. The Kier molecular flexibility index (Phi) is 4.37. The molecular weight excluding hydrogens is 421 g/mol. The van der Waals surface area contributed by atoms with Crippen molar-refractivity contribution in [2.75, 3.05) is 6.66 Å². The van der Waals surface area contributed by atoms with Gasteiger partial charge in [-0.25, -0.2) is 0 Å². The van der Waals surface area contributed by atoms with Crippen molar-refractivity contribution in [3.63, 3.8) is 0 Å². The summed E-state index contributed by atoms with van der Waals surface area (Å²) in [5.41, 5.74) is 7.16. The third kappa shape index (κ3) is 2.91. The van der Waals surface area contributed by atoms with Crippen molar-refractivity contribution in [2.24, 2.45) is 0 Å². The predicted molar refractivity (Wildman–Crippen MR) is 138 cm³/mol. The lowest BCUT2D eigenvalue weighted by atomic mass is 9.88. The van der Waals surface area contributed by atoms with Crippen LogP contribution >= 0.6 is 7.14 Å². The van der Waals surface area contributed by atoms with Gasteiger partial charge in [-0.3, -0.25) is 0 Å². The summed E-state index contributed by atoms with van der Waals surface area (Å²) in [7, 11) is -2.63. The van der Waals surface area contributed by atoms with Crippen molar-refractivity contribution in [3.8, 4) is 39.4 Å². The van der Waals surface area contributed by atoms with Gasteiger partial charge in [-0.15, -0.1) is 0 Å². The Morgan fingerprint density at radius 1 is 0.636 bits per heavy atom. The molecule has 0 N–H and O–H groups in total. The van der Waals surface area contributed by atoms with Crippen molar-refractivity contribution >= 4 is 28.5 Å². The molecule has 0 bridgehead atoms. The van der Waals surface area contributed by atoms with Crippen molar-refractivity contribution in [1.29, 1.82) is 5.26 Å². The van der Waals surface area contributed by atoms with E-state index < -0.39 is 7.14 Å². The lowest BCUT2D eigenvalue weighted by molar-refractivity contribution is 0.591. The van der Waals surface area contributed by atoms with Gasteiger partial charge in [0.05, 0.1) is 11.6 Å². The topological polar surface area (TPSA) is 40.9 Å². The first-order chi connectivity index (χ1) is 16.1. The first-order valence-corrected chi connectivity index (χ1v) is 13.1. The highest BCUT2D eigenvalue weighted by Gasteiger charge is 2.36. The summed E-state index contributed by atoms with van der Waals surface area (Å²) in [6, 6.07) is 36.9. The van der Waals surface area contributed by atoms with Crippen LogP contribution in [-0.2, 0) is 4.57 Å². The van der Waals surface area contributed by atoms with Crippen molar-refractivity contribution in [1.82, 2.24) is 0 Å². The van der Waals surface area contributed by atoms with Crippen molar-refractivity contribution in [3.05, 3.63) is 109 Å². The van der Waals surface area contributed by atoms with E-state index in [1.54, 1.807) is 0 Å². The monoisotopic (exact) mass is 441 g/mol. The molecule has 0 amide bonds. The van der Waals surface area contributed by atoms with Crippen LogP contribution in [0.4, 0.5) is 0 Å². The Morgan fingerprint density at radius 2 is 1.27 bits per heavy atom. The Hall–Kier alpha value is -3.92. The van der Waals surface area contributed by atoms with E-state index in [-0.39, 0.29) is 0 Å². The van der Waals surface area contributed by atoms with E-state index in [4.69, 9.17) is 0 Å². The molecular formula is C30H20NOP. The van der Waals surface area contributed by atoms with Crippen LogP contribution in [0.1, 0.15) is 5.56 Å². The number of fused-ring (bicyclic) bond motifs is 4. The summed E-state index contributed by atoms with van der Waals surface area (Å²) in [5.74, 6) is 0. The van der Waals surface area contributed by atoms with Crippen LogP contribution in [0.2, 0.25) is 0 Å². The second kappa shape index (κ2) is 7.31. The summed E-state index contributed by atoms with van der Waals surface area (Å²) in [5, 5.41) is 13.5. The predicted octanol–water partition coefficient (Wildman–Crippen LogP) is 6.97. The van der Waals surface area contributed by atoms with Crippen LogP contribution < -0.4 is 10.6 Å². The first-order valence-electron chi connectivity index (χ1n) is 10.9. The third-order valence-corrected chi connectivity index (χ3v) is 9.25. The maximum absolute atomic E-state index is 13.8. The van der Waals surface area contributed by atoms with Crippen LogP contribution in [0, 0.1) is 11.3 Å². The minimum absolute atomic E-state index is 0.650. The van der Waals surface area contributed by atoms with Gasteiger partial charge in [0, 0.05) is 16.2 Å². The summed E-state index contributed by atoms with van der Waals surface area (Å²) in [4.78, 5) is 0. The molecule has 3 heteroatoms. The van der Waals surface area contributed by atoms with Gasteiger partial charge in [-0.05, 0) is 57.4 Å². The van der Waals surface area contributed by atoms with E-state index in [1.807, 2.05) is 61.3 Å². The number of benzene rings is 5. The molecule has 156 valence electrons. The molecule has 5 aromatic rings. The number of rotatable bonds is 2. The van der Waals surface area contributed by atoms with E-state index in [9.17, 15) is 9.83 Å². The first kappa shape index (κ1) is 19.7. The molecule has 33 heavy (non-hydrogen) atoms. The summed E-state index contributed by atoms with van der Waals surface area (Å²) < 4.78 is 13.8. The van der Waals surface area contributed by atoms with Gasteiger partial charge in [-0.1, -0.05) is 91.0 Å². The van der Waals surface area contributed by atoms with Gasteiger partial charge < -0.3 is 4.57 Å². The van der Waals surface area contributed by atoms with Gasteiger partial charge in [0.1, 0.15) is 7.14 Å². The van der Waals surface area contributed by atoms with E-state index in [1.165, 1.54) is 0 Å². The third-order valence-electron chi connectivity index (χ3n) is 6.65. The summed E-state index contributed by atoms with van der Waals surface area (Å²) in [6.45, 7) is 1.88. The fourth-order valence-electron chi connectivity index (χ4n) is 5.13. The number of hydrogen-bond acceptors (Lipinski definition) is 2. The van der Waals surface area contributed by atoms with E-state index in [0.717, 1.165) is 54.8 Å². The van der Waals surface area contributed by atoms with Crippen molar-refractivity contribution in [2.45, 2.75) is 0 Å². The Morgan fingerprint density at radius 3 is 2.09 bits per heavy atom. The molecule has 1 heterocycles. The van der Waals surface area contributed by atoms with Crippen LogP contribution in [0.5, 0.6) is 0 Å². The Labute approximate surface area is 193 Å². The van der Waals surface area contributed by atoms with Gasteiger partial charge in [0.2, 0.25) is 0 Å². The lowest BCUT2D eigenvalue weighted by Gasteiger charge is -2.15. The molecule has 0 fully saturated rings. The summed E-state index contributed by atoms with van der Waals surface area (Å²) >= 11 is 0. The van der Waals surface area contributed by atoms with Crippen LogP contribution in [0.15, 0.2) is 103 Å². The van der Waals surface area contributed by atoms with E-state index >= 15 is 0 Å². The second-order valence-corrected chi connectivity index (χ2v) is 11.4. The fraction of sp³-hybridized carbons (Fsp3) is 0.0333. The average molecular weight is 441 g/mol. The number of nitrogens with zero attached hydrogens (tertiary/aromatic N) is 1. The van der Waals surface area contributed by atoms with Gasteiger partial charge in [-0.2, -0.15) is 5.26 Å². The quantitative estimate of drug-likeness (QED) is 0.278. The van der Waals surface area contributed by atoms with Crippen LogP contribution in [-0.4, -0.2) is 6.66 Å². The normalized spacial score (nSPS) is 16.2. The zero-order chi connectivity index (χ0) is 22.6. The number of hydrogen-bond donors (Lipinski definition) is 0. The second-order valence-electron chi connectivity index (χ2n) is 8.54.